The van der Waals surface area contributed by atoms with Crippen molar-refractivity contribution in [3.05, 3.63) is 0 Å². The molecule has 13 heavy (non-hydrogen) atoms. The maximum Gasteiger partial charge on any atom is 0.00952 e. The second-order valence-corrected chi connectivity index (χ2v) is 4.75. The van der Waals surface area contributed by atoms with Gasteiger partial charge < -0.3 is 4.90 Å². The van der Waals surface area contributed by atoms with Gasteiger partial charge in [0.05, 0.1) is 0 Å². The Kier molecular flexibility index (Phi) is 4.79. The highest BCUT2D eigenvalue weighted by molar-refractivity contribution is 4.76. The highest BCUT2D eigenvalue weighted by atomic mass is 15.2. The number of hydrogen-bond donors (Lipinski definition) is 0. The van der Waals surface area contributed by atoms with E-state index in [1.165, 1.54) is 45.2 Å². The van der Waals surface area contributed by atoms with Crippen molar-refractivity contribution in [1.29, 1.82) is 0 Å². The molecule has 0 aromatic rings. The topological polar surface area (TPSA) is 3.24 Å². The van der Waals surface area contributed by atoms with Crippen LogP contribution in [0.4, 0.5) is 0 Å². The minimum atomic E-state index is 0.876. The van der Waals surface area contributed by atoms with Crippen molar-refractivity contribution in [2.75, 3.05) is 13.1 Å². The molecular weight excluding hydrogens is 158 g/mol. The van der Waals surface area contributed by atoms with Crippen molar-refractivity contribution in [3.63, 3.8) is 0 Å². The normalized spacial score (nSPS) is 25.4. The molecule has 1 heteroatoms. The van der Waals surface area contributed by atoms with E-state index >= 15 is 0 Å². The molecule has 0 aliphatic carbocycles. The molecule has 0 radical (unpaired) electrons. The summed E-state index contributed by atoms with van der Waals surface area (Å²) in [5.74, 6) is 0.876. The first-order valence-corrected chi connectivity index (χ1v) is 5.98. The lowest BCUT2D eigenvalue weighted by Crippen LogP contribution is -2.39. The molecule has 1 rings (SSSR count). The van der Waals surface area contributed by atoms with Crippen LogP contribution in [0.15, 0.2) is 0 Å². The van der Waals surface area contributed by atoms with Crippen molar-refractivity contribution in [2.45, 2.75) is 58.9 Å². The average molecular weight is 183 g/mol. The predicted molar refractivity (Wildman–Crippen MR) is 59.0 cm³/mol. The molecule has 1 saturated heterocycles. The zero-order valence-electron chi connectivity index (χ0n) is 9.55. The molecule has 1 heterocycles. The van der Waals surface area contributed by atoms with Gasteiger partial charge in [-0.1, -0.05) is 27.2 Å². The Morgan fingerprint density at radius 2 is 2.08 bits per heavy atom. The van der Waals surface area contributed by atoms with Crippen LogP contribution in [-0.4, -0.2) is 24.0 Å². The molecular formula is C12H25N. The minimum absolute atomic E-state index is 0.876. The quantitative estimate of drug-likeness (QED) is 0.646. The van der Waals surface area contributed by atoms with Crippen molar-refractivity contribution in [2.24, 2.45) is 5.92 Å². The minimum Gasteiger partial charge on any atom is -0.301 e. The molecule has 0 N–H and O–H groups in total. The number of piperidine rings is 1. The largest absolute Gasteiger partial charge is 0.301 e. The van der Waals surface area contributed by atoms with Crippen LogP contribution in [0.1, 0.15) is 52.9 Å². The van der Waals surface area contributed by atoms with Gasteiger partial charge in [0, 0.05) is 6.04 Å². The molecule has 0 amide bonds. The fraction of sp³-hybridized carbons (Fsp3) is 1.00. The molecule has 0 aromatic carbocycles. The van der Waals surface area contributed by atoms with E-state index in [4.69, 9.17) is 0 Å². The number of likely N-dealkylation sites (tertiary alicyclic amines) is 1. The summed E-state index contributed by atoms with van der Waals surface area (Å²) in [7, 11) is 0. The molecule has 0 bridgehead atoms. The van der Waals surface area contributed by atoms with Crippen LogP contribution in [0, 0.1) is 5.92 Å². The van der Waals surface area contributed by atoms with Gasteiger partial charge in [0.15, 0.2) is 0 Å². The molecule has 1 atom stereocenters. The summed E-state index contributed by atoms with van der Waals surface area (Å²) in [4.78, 5) is 2.67. The van der Waals surface area contributed by atoms with E-state index in [-0.39, 0.29) is 0 Å². The van der Waals surface area contributed by atoms with Crippen LogP contribution in [0.3, 0.4) is 0 Å². The predicted octanol–water partition coefficient (Wildman–Crippen LogP) is 3.30. The van der Waals surface area contributed by atoms with E-state index in [0.29, 0.717) is 0 Å². The summed E-state index contributed by atoms with van der Waals surface area (Å²) in [6.07, 6.45) is 7.15. The second-order valence-electron chi connectivity index (χ2n) is 4.75. The lowest BCUT2D eigenvalue weighted by molar-refractivity contribution is 0.142. The molecule has 0 spiro atoms. The van der Waals surface area contributed by atoms with E-state index < -0.39 is 0 Å². The number of rotatable bonds is 4. The van der Waals surface area contributed by atoms with Crippen LogP contribution in [0.2, 0.25) is 0 Å². The summed E-state index contributed by atoms with van der Waals surface area (Å²) in [6, 6.07) is 0.904. The van der Waals surface area contributed by atoms with Gasteiger partial charge >= 0.3 is 0 Å². The van der Waals surface area contributed by atoms with Crippen molar-refractivity contribution >= 4 is 0 Å². The monoisotopic (exact) mass is 183 g/mol. The molecule has 78 valence electrons. The van der Waals surface area contributed by atoms with Crippen LogP contribution in [0.5, 0.6) is 0 Å². The second kappa shape index (κ2) is 5.64. The zero-order chi connectivity index (χ0) is 9.68. The molecule has 1 nitrogen and oxygen atoms in total. The van der Waals surface area contributed by atoms with Crippen LogP contribution in [-0.2, 0) is 0 Å². The van der Waals surface area contributed by atoms with Gasteiger partial charge in [-0.2, -0.15) is 0 Å². The highest BCUT2D eigenvalue weighted by Gasteiger charge is 2.20. The van der Waals surface area contributed by atoms with E-state index in [1.807, 2.05) is 0 Å². The van der Waals surface area contributed by atoms with Crippen LogP contribution >= 0.6 is 0 Å². The Labute approximate surface area is 83.5 Å². The summed E-state index contributed by atoms with van der Waals surface area (Å²) in [5.41, 5.74) is 0. The maximum absolute atomic E-state index is 2.67. The number of nitrogens with zero attached hydrogens (tertiary/aromatic N) is 1. The van der Waals surface area contributed by atoms with Gasteiger partial charge in [-0.3, -0.25) is 0 Å². The zero-order valence-corrected chi connectivity index (χ0v) is 9.55. The molecule has 1 aliphatic heterocycles. The smallest absolute Gasteiger partial charge is 0.00952 e. The Hall–Kier alpha value is -0.0400. The fourth-order valence-corrected chi connectivity index (χ4v) is 2.33. The third kappa shape index (κ3) is 3.68. The van der Waals surface area contributed by atoms with E-state index in [9.17, 15) is 0 Å². The number of hydrogen-bond acceptors (Lipinski definition) is 1. The first kappa shape index (κ1) is 11.0. The van der Waals surface area contributed by atoms with Gasteiger partial charge in [-0.05, 0) is 44.7 Å². The maximum atomic E-state index is 2.67. The highest BCUT2D eigenvalue weighted by Crippen LogP contribution is 2.21. The molecule has 0 aromatic heterocycles. The Bertz CT molecular complexity index is 131. The molecule has 1 fully saturated rings. The van der Waals surface area contributed by atoms with E-state index in [2.05, 4.69) is 25.7 Å². The molecule has 1 aliphatic rings. The summed E-state index contributed by atoms with van der Waals surface area (Å²) < 4.78 is 0. The SMILES string of the molecule is CCN1CCCCC1CCC(C)C. The summed E-state index contributed by atoms with van der Waals surface area (Å²) in [6.45, 7) is 9.56. The van der Waals surface area contributed by atoms with Gasteiger partial charge in [-0.25, -0.2) is 0 Å². The Morgan fingerprint density at radius 1 is 1.31 bits per heavy atom. The van der Waals surface area contributed by atoms with Crippen molar-refractivity contribution < 1.29 is 0 Å². The summed E-state index contributed by atoms with van der Waals surface area (Å²) >= 11 is 0. The Morgan fingerprint density at radius 3 is 2.69 bits per heavy atom. The Balaban J connectivity index is 2.27. The average Bonchev–Trinajstić information content (AvgIpc) is 2.15. The van der Waals surface area contributed by atoms with Gasteiger partial charge in [-0.15, -0.1) is 0 Å². The first-order valence-electron chi connectivity index (χ1n) is 5.98. The van der Waals surface area contributed by atoms with Gasteiger partial charge in [0.1, 0.15) is 0 Å². The third-order valence-corrected chi connectivity index (χ3v) is 3.23. The van der Waals surface area contributed by atoms with E-state index in [1.54, 1.807) is 0 Å². The fourth-order valence-electron chi connectivity index (χ4n) is 2.33. The van der Waals surface area contributed by atoms with Gasteiger partial charge in [0.25, 0.3) is 0 Å². The first-order chi connectivity index (χ1) is 6.24. The van der Waals surface area contributed by atoms with Crippen LogP contribution in [0.25, 0.3) is 0 Å². The standard InChI is InChI=1S/C12H25N/c1-4-13-10-6-5-7-12(13)9-8-11(2)3/h11-12H,4-10H2,1-3H3. The van der Waals surface area contributed by atoms with E-state index in [0.717, 1.165) is 12.0 Å². The lowest BCUT2D eigenvalue weighted by Gasteiger charge is -2.35. The third-order valence-electron chi connectivity index (χ3n) is 3.23. The molecule has 0 saturated carbocycles. The van der Waals surface area contributed by atoms with Gasteiger partial charge in [0.2, 0.25) is 0 Å². The van der Waals surface area contributed by atoms with Crippen molar-refractivity contribution in [3.8, 4) is 0 Å². The van der Waals surface area contributed by atoms with Crippen molar-refractivity contribution in [1.82, 2.24) is 4.90 Å². The summed E-state index contributed by atoms with van der Waals surface area (Å²) in [5, 5.41) is 0. The molecule has 1 unspecified atom stereocenters. The van der Waals surface area contributed by atoms with Crippen LogP contribution < -0.4 is 0 Å². The lowest BCUT2D eigenvalue weighted by atomic mass is 9.95.